The van der Waals surface area contributed by atoms with Crippen molar-refractivity contribution in [1.29, 1.82) is 0 Å². The van der Waals surface area contributed by atoms with Gasteiger partial charge in [-0.2, -0.15) is 0 Å². The number of Topliss-reactive ketones (excluding diaryl/α,β-unsaturated/α-hetero) is 1. The van der Waals surface area contributed by atoms with Crippen molar-refractivity contribution in [2.75, 3.05) is 0 Å². The largest absolute Gasteiger partial charge is 0.463 e. The second kappa shape index (κ2) is 7.52. The molecular formula is C25H34O4. The summed E-state index contributed by atoms with van der Waals surface area (Å²) in [6, 6.07) is 0. The van der Waals surface area contributed by atoms with E-state index in [2.05, 4.69) is 20.8 Å². The van der Waals surface area contributed by atoms with Crippen molar-refractivity contribution in [2.45, 2.75) is 78.7 Å². The monoisotopic (exact) mass is 398 g/mol. The van der Waals surface area contributed by atoms with E-state index in [0.717, 1.165) is 38.5 Å². The van der Waals surface area contributed by atoms with Crippen LogP contribution in [-0.4, -0.2) is 23.6 Å². The Bertz CT molecular complexity index is 791. The van der Waals surface area contributed by atoms with Crippen LogP contribution in [0, 0.1) is 35.0 Å². The van der Waals surface area contributed by atoms with Gasteiger partial charge in [-0.15, -0.1) is 0 Å². The van der Waals surface area contributed by atoms with Gasteiger partial charge in [0.2, 0.25) is 0 Å². The summed E-state index contributed by atoms with van der Waals surface area (Å²) in [7, 11) is 0. The second-order valence-electron chi connectivity index (χ2n) is 9.98. The van der Waals surface area contributed by atoms with Crippen molar-refractivity contribution in [1.82, 2.24) is 0 Å². The molecule has 0 heterocycles. The summed E-state index contributed by atoms with van der Waals surface area (Å²) >= 11 is 0. The van der Waals surface area contributed by atoms with Gasteiger partial charge in [-0.3, -0.25) is 14.4 Å². The average Bonchev–Trinajstić information content (AvgIpc) is 2.98. The summed E-state index contributed by atoms with van der Waals surface area (Å²) in [5.74, 6) is 2.22. The van der Waals surface area contributed by atoms with Gasteiger partial charge in [-0.25, -0.2) is 0 Å². The summed E-state index contributed by atoms with van der Waals surface area (Å²) < 4.78 is 5.54. The molecule has 4 rings (SSSR count). The summed E-state index contributed by atoms with van der Waals surface area (Å²) in [6.07, 6.45) is 9.92. The van der Waals surface area contributed by atoms with Gasteiger partial charge in [0.25, 0.3) is 0 Å². The lowest BCUT2D eigenvalue weighted by Gasteiger charge is -2.55. The van der Waals surface area contributed by atoms with E-state index in [9.17, 15) is 14.4 Å². The molecule has 158 valence electrons. The molecular weight excluding hydrogens is 364 g/mol. The Labute approximate surface area is 174 Å². The zero-order valence-electron chi connectivity index (χ0n) is 18.2. The van der Waals surface area contributed by atoms with Crippen LogP contribution in [0.15, 0.2) is 23.3 Å². The molecule has 3 fully saturated rings. The van der Waals surface area contributed by atoms with Crippen LogP contribution < -0.4 is 0 Å². The zero-order chi connectivity index (χ0) is 20.9. The second-order valence-corrected chi connectivity index (χ2v) is 9.98. The van der Waals surface area contributed by atoms with Gasteiger partial charge in [0.05, 0.1) is 0 Å². The highest BCUT2D eigenvalue weighted by Crippen LogP contribution is 2.63. The number of hydrogen-bond acceptors (Lipinski definition) is 4. The fraction of sp³-hybridized carbons (Fsp3) is 0.720. The van der Waals surface area contributed by atoms with E-state index in [1.165, 1.54) is 18.1 Å². The molecule has 0 aromatic rings. The minimum Gasteiger partial charge on any atom is -0.463 e. The first kappa shape index (κ1) is 20.6. The van der Waals surface area contributed by atoms with Crippen LogP contribution in [0.25, 0.3) is 0 Å². The van der Waals surface area contributed by atoms with E-state index in [4.69, 9.17) is 4.74 Å². The van der Waals surface area contributed by atoms with Gasteiger partial charge in [-0.05, 0) is 81.3 Å². The summed E-state index contributed by atoms with van der Waals surface area (Å²) in [5.41, 5.74) is 2.45. The molecule has 7 atom stereocenters. The molecule has 0 aromatic carbocycles. The molecule has 0 aliphatic heterocycles. The number of ketones is 2. The van der Waals surface area contributed by atoms with Crippen LogP contribution in [0.1, 0.15) is 72.6 Å². The molecule has 4 aliphatic carbocycles. The average molecular weight is 399 g/mol. The van der Waals surface area contributed by atoms with Crippen LogP contribution in [0.5, 0.6) is 0 Å². The van der Waals surface area contributed by atoms with E-state index in [-0.39, 0.29) is 29.2 Å². The minimum absolute atomic E-state index is 0.0436. The summed E-state index contributed by atoms with van der Waals surface area (Å²) in [5, 5.41) is 0. The third kappa shape index (κ3) is 3.33. The number of carbonyl (C=O) groups excluding carboxylic acids is 3. The number of hydrogen-bond donors (Lipinski definition) is 0. The van der Waals surface area contributed by atoms with Crippen LogP contribution in [0.2, 0.25) is 0 Å². The molecule has 0 saturated heterocycles. The third-order valence-corrected chi connectivity index (χ3v) is 8.69. The molecule has 0 amide bonds. The number of esters is 1. The van der Waals surface area contributed by atoms with Gasteiger partial charge >= 0.3 is 5.97 Å². The molecule has 4 aliphatic rings. The molecule has 0 radical (unpaired) electrons. The first-order valence-corrected chi connectivity index (χ1v) is 11.4. The highest BCUT2D eigenvalue weighted by atomic mass is 16.5. The smallest absolute Gasteiger partial charge is 0.302 e. The quantitative estimate of drug-likeness (QED) is 0.637. The molecule has 7 unspecified atom stereocenters. The van der Waals surface area contributed by atoms with Crippen LogP contribution in [0.4, 0.5) is 0 Å². The summed E-state index contributed by atoms with van der Waals surface area (Å²) in [6.45, 7) is 7.97. The molecule has 3 saturated carbocycles. The van der Waals surface area contributed by atoms with Crippen LogP contribution >= 0.6 is 0 Å². The number of ether oxygens (including phenoxy) is 1. The summed E-state index contributed by atoms with van der Waals surface area (Å²) in [4.78, 5) is 36.5. The lowest BCUT2D eigenvalue weighted by Crippen LogP contribution is -2.49. The number of rotatable bonds is 4. The molecule has 4 heteroatoms. The lowest BCUT2D eigenvalue weighted by atomic mass is 9.48. The highest BCUT2D eigenvalue weighted by Gasteiger charge is 2.57. The normalized spacial score (nSPS) is 39.7. The van der Waals surface area contributed by atoms with E-state index in [0.29, 0.717) is 35.9 Å². The topological polar surface area (TPSA) is 60.4 Å². The van der Waals surface area contributed by atoms with E-state index in [1.54, 1.807) is 0 Å². The maximum absolute atomic E-state index is 12.9. The van der Waals surface area contributed by atoms with Gasteiger partial charge < -0.3 is 4.74 Å². The van der Waals surface area contributed by atoms with E-state index >= 15 is 0 Å². The van der Waals surface area contributed by atoms with Gasteiger partial charge in [-0.1, -0.05) is 25.0 Å². The number of fused-ring (bicyclic) bond motifs is 5. The van der Waals surface area contributed by atoms with Crippen molar-refractivity contribution in [3.63, 3.8) is 0 Å². The third-order valence-electron chi connectivity index (χ3n) is 8.69. The molecule has 0 spiro atoms. The Morgan fingerprint density at radius 1 is 1.24 bits per heavy atom. The molecule has 0 bridgehead atoms. The first-order chi connectivity index (χ1) is 13.8. The fourth-order valence-corrected chi connectivity index (χ4v) is 7.32. The van der Waals surface area contributed by atoms with Crippen LogP contribution in [-0.2, 0) is 19.1 Å². The molecule has 4 nitrogen and oxygen atoms in total. The Kier molecular flexibility index (Phi) is 5.33. The Balaban J connectivity index is 1.62. The maximum atomic E-state index is 12.9. The minimum atomic E-state index is -0.230. The van der Waals surface area contributed by atoms with Gasteiger partial charge in [0.15, 0.2) is 5.78 Å². The standard InChI is InChI=1S/C25H34O4/c1-5-19(29-15(3)26)11-16-12-23(28)21-8-9-22-20(24(16)21)7-6-17-13-18(27)10-14(2)25(17,22)4/h10,13,16,19-22,24H,5-9,11-12H2,1-4H3. The molecule has 0 aromatic heterocycles. The zero-order valence-corrected chi connectivity index (χ0v) is 18.2. The number of allylic oxidation sites excluding steroid dienone is 4. The van der Waals surface area contributed by atoms with E-state index in [1.807, 2.05) is 12.2 Å². The van der Waals surface area contributed by atoms with Crippen LogP contribution in [0.3, 0.4) is 0 Å². The predicted molar refractivity (Wildman–Crippen MR) is 111 cm³/mol. The Morgan fingerprint density at radius 2 is 2.00 bits per heavy atom. The Morgan fingerprint density at radius 3 is 2.69 bits per heavy atom. The van der Waals surface area contributed by atoms with Gasteiger partial charge in [0, 0.05) is 24.7 Å². The van der Waals surface area contributed by atoms with Crippen molar-refractivity contribution >= 4 is 17.5 Å². The van der Waals surface area contributed by atoms with Crippen molar-refractivity contribution in [2.24, 2.45) is 35.0 Å². The fourth-order valence-electron chi connectivity index (χ4n) is 7.32. The predicted octanol–water partition coefficient (Wildman–Crippen LogP) is 4.82. The van der Waals surface area contributed by atoms with E-state index < -0.39 is 0 Å². The molecule has 0 N–H and O–H groups in total. The van der Waals surface area contributed by atoms with Crippen molar-refractivity contribution in [3.8, 4) is 0 Å². The van der Waals surface area contributed by atoms with Gasteiger partial charge in [0.1, 0.15) is 11.9 Å². The number of carbonyl (C=O) groups is 3. The maximum Gasteiger partial charge on any atom is 0.302 e. The first-order valence-electron chi connectivity index (χ1n) is 11.4. The Hall–Kier alpha value is -1.71. The van der Waals surface area contributed by atoms with Crippen molar-refractivity contribution < 1.29 is 19.1 Å². The SMILES string of the molecule is CCC(CC1CC(=O)C2CCC3C(CCC4=CC(=O)C=C(C)C43C)C12)OC(C)=O. The lowest BCUT2D eigenvalue weighted by molar-refractivity contribution is -0.147. The molecule has 29 heavy (non-hydrogen) atoms. The highest BCUT2D eigenvalue weighted by molar-refractivity contribution is 6.02. The van der Waals surface area contributed by atoms with Crippen molar-refractivity contribution in [3.05, 3.63) is 23.3 Å².